The van der Waals surface area contributed by atoms with Crippen molar-refractivity contribution in [1.29, 1.82) is 0 Å². The van der Waals surface area contributed by atoms with Gasteiger partial charge in [0.05, 0.1) is 18.3 Å². The minimum absolute atomic E-state index is 0.468. The summed E-state index contributed by atoms with van der Waals surface area (Å²) >= 11 is 0. The van der Waals surface area contributed by atoms with Crippen molar-refractivity contribution in [3.63, 3.8) is 0 Å². The first-order chi connectivity index (χ1) is 7.43. The number of hydrogen-bond donors (Lipinski definition) is 1. The Bertz CT molecular complexity index is 373. The van der Waals surface area contributed by atoms with Gasteiger partial charge in [-0.05, 0) is 12.8 Å². The van der Waals surface area contributed by atoms with Gasteiger partial charge >= 0.3 is 0 Å². The Morgan fingerprint density at radius 3 is 2.93 bits per heavy atom. The van der Waals surface area contributed by atoms with Crippen LogP contribution >= 0.6 is 0 Å². The smallest absolute Gasteiger partial charge is 0.149 e. The van der Waals surface area contributed by atoms with E-state index in [4.69, 9.17) is 0 Å². The molecule has 0 unspecified atom stereocenters. The molecule has 1 fully saturated rings. The number of hydrogen-bond acceptors (Lipinski definition) is 4. The van der Waals surface area contributed by atoms with E-state index in [-0.39, 0.29) is 0 Å². The Morgan fingerprint density at radius 1 is 1.20 bits per heavy atom. The average Bonchev–Trinajstić information content (AvgIpc) is 2.74. The van der Waals surface area contributed by atoms with Crippen LogP contribution < -0.4 is 5.32 Å². The predicted octanol–water partition coefficient (Wildman–Crippen LogP) is 1.14. The maximum atomic E-state index is 4.68. The summed E-state index contributed by atoms with van der Waals surface area (Å²) in [5.41, 5.74) is 0.868. The van der Waals surface area contributed by atoms with E-state index in [1.54, 1.807) is 18.6 Å². The lowest BCUT2D eigenvalue weighted by Gasteiger charge is -2.23. The van der Waals surface area contributed by atoms with Crippen LogP contribution in [0.2, 0.25) is 0 Å². The molecule has 0 radical (unpaired) electrons. The Hall–Kier alpha value is -1.45. The zero-order valence-electron chi connectivity index (χ0n) is 8.56. The van der Waals surface area contributed by atoms with Crippen LogP contribution in [0.1, 0.15) is 31.4 Å². The topological polar surface area (TPSA) is 50.2 Å². The van der Waals surface area contributed by atoms with Gasteiger partial charge in [0, 0.05) is 12.4 Å². The lowest BCUT2D eigenvalue weighted by Crippen LogP contribution is -2.37. The molecule has 1 saturated carbocycles. The first-order valence-corrected chi connectivity index (χ1v) is 5.54. The summed E-state index contributed by atoms with van der Waals surface area (Å²) < 4.78 is 0. The van der Waals surface area contributed by atoms with E-state index in [9.17, 15) is 0 Å². The molecule has 0 saturated heterocycles. The van der Waals surface area contributed by atoms with Crippen LogP contribution in [-0.4, -0.2) is 27.9 Å². The lowest BCUT2D eigenvalue weighted by atomic mass is 9.92. The highest BCUT2D eigenvalue weighted by Crippen LogP contribution is 2.25. The number of aliphatic imine (C=N–C) groups is 1. The molecule has 1 aliphatic carbocycles. The molecule has 3 rings (SSSR count). The van der Waals surface area contributed by atoms with Crippen LogP contribution in [-0.2, 0) is 0 Å². The summed E-state index contributed by atoms with van der Waals surface area (Å²) in [5, 5.41) is 3.46. The van der Waals surface area contributed by atoms with Gasteiger partial charge in [-0.3, -0.25) is 9.98 Å². The van der Waals surface area contributed by atoms with E-state index in [2.05, 4.69) is 20.3 Å². The summed E-state index contributed by atoms with van der Waals surface area (Å²) in [4.78, 5) is 13.0. The Balaban J connectivity index is 1.84. The molecule has 15 heavy (non-hydrogen) atoms. The van der Waals surface area contributed by atoms with Crippen molar-refractivity contribution in [2.75, 3.05) is 0 Å². The normalized spacial score (nSPS) is 29.2. The molecule has 1 aliphatic heterocycles. The molecule has 0 spiro atoms. The monoisotopic (exact) mass is 202 g/mol. The summed E-state index contributed by atoms with van der Waals surface area (Å²) in [6.07, 6.45) is 10.2. The summed E-state index contributed by atoms with van der Waals surface area (Å²) in [7, 11) is 0. The van der Waals surface area contributed by atoms with Crippen LogP contribution in [0.15, 0.2) is 23.6 Å². The zero-order chi connectivity index (χ0) is 10.1. The highest BCUT2D eigenvalue weighted by Gasteiger charge is 2.31. The van der Waals surface area contributed by atoms with Crippen LogP contribution in [0.4, 0.5) is 0 Å². The molecule has 0 bridgehead atoms. The number of amidine groups is 1. The second kappa shape index (κ2) is 3.61. The SMILES string of the molecule is c1cnc(C2=N[C@@H]3CCCC[C@H]3N2)cn1. The third kappa shape index (κ3) is 1.60. The van der Waals surface area contributed by atoms with Gasteiger partial charge in [-0.25, -0.2) is 4.98 Å². The van der Waals surface area contributed by atoms with Crippen molar-refractivity contribution in [3.05, 3.63) is 24.3 Å². The molecule has 4 heteroatoms. The fourth-order valence-corrected chi connectivity index (χ4v) is 2.37. The number of fused-ring (bicyclic) bond motifs is 1. The fourth-order valence-electron chi connectivity index (χ4n) is 2.37. The highest BCUT2D eigenvalue weighted by molar-refractivity contribution is 5.98. The molecule has 78 valence electrons. The van der Waals surface area contributed by atoms with Crippen LogP contribution in [0.5, 0.6) is 0 Å². The Morgan fingerprint density at radius 2 is 2.13 bits per heavy atom. The second-order valence-corrected chi connectivity index (χ2v) is 4.17. The quantitative estimate of drug-likeness (QED) is 0.743. The largest absolute Gasteiger partial charge is 0.364 e. The van der Waals surface area contributed by atoms with Crippen molar-refractivity contribution >= 4 is 5.84 Å². The maximum Gasteiger partial charge on any atom is 0.149 e. The van der Waals surface area contributed by atoms with E-state index in [1.807, 2.05) is 0 Å². The van der Waals surface area contributed by atoms with Crippen molar-refractivity contribution < 1.29 is 0 Å². The van der Waals surface area contributed by atoms with Crippen molar-refractivity contribution in [2.24, 2.45) is 4.99 Å². The van der Waals surface area contributed by atoms with Gasteiger partial charge in [0.2, 0.25) is 0 Å². The molecule has 2 atom stereocenters. The number of nitrogens with one attached hydrogen (secondary N) is 1. The highest BCUT2D eigenvalue weighted by atomic mass is 15.1. The minimum Gasteiger partial charge on any atom is -0.364 e. The molecule has 0 amide bonds. The van der Waals surface area contributed by atoms with E-state index in [0.29, 0.717) is 12.1 Å². The summed E-state index contributed by atoms with van der Waals surface area (Å²) in [6.45, 7) is 0. The maximum absolute atomic E-state index is 4.68. The summed E-state index contributed by atoms with van der Waals surface area (Å²) in [5.74, 6) is 0.931. The number of aromatic nitrogens is 2. The molecule has 0 aromatic carbocycles. The Kier molecular flexibility index (Phi) is 2.12. The Labute approximate surface area is 88.9 Å². The van der Waals surface area contributed by atoms with Crippen molar-refractivity contribution in [2.45, 2.75) is 37.8 Å². The standard InChI is InChI=1S/C11H14N4/c1-2-4-9-8(3-1)14-11(15-9)10-7-12-5-6-13-10/h5-9H,1-4H2,(H,14,15)/t8-,9-/m1/s1. The van der Waals surface area contributed by atoms with E-state index >= 15 is 0 Å². The van der Waals surface area contributed by atoms with Gasteiger partial charge < -0.3 is 5.32 Å². The summed E-state index contributed by atoms with van der Waals surface area (Å²) in [6, 6.07) is 1.01. The minimum atomic E-state index is 0.468. The van der Waals surface area contributed by atoms with E-state index in [0.717, 1.165) is 11.5 Å². The van der Waals surface area contributed by atoms with Gasteiger partial charge in [-0.15, -0.1) is 0 Å². The van der Waals surface area contributed by atoms with Gasteiger partial charge in [0.15, 0.2) is 0 Å². The van der Waals surface area contributed by atoms with Crippen molar-refractivity contribution in [3.8, 4) is 0 Å². The molecule has 1 aromatic rings. The van der Waals surface area contributed by atoms with Gasteiger partial charge in [0.25, 0.3) is 0 Å². The second-order valence-electron chi connectivity index (χ2n) is 4.17. The van der Waals surface area contributed by atoms with E-state index in [1.165, 1.54) is 25.7 Å². The molecule has 2 aliphatic rings. The van der Waals surface area contributed by atoms with Crippen LogP contribution in [0.3, 0.4) is 0 Å². The molecular weight excluding hydrogens is 188 g/mol. The first kappa shape index (κ1) is 8.83. The third-order valence-corrected chi connectivity index (χ3v) is 3.15. The average molecular weight is 202 g/mol. The zero-order valence-corrected chi connectivity index (χ0v) is 8.56. The first-order valence-electron chi connectivity index (χ1n) is 5.54. The predicted molar refractivity (Wildman–Crippen MR) is 57.7 cm³/mol. The fraction of sp³-hybridized carbons (Fsp3) is 0.545. The molecule has 1 N–H and O–H groups in total. The van der Waals surface area contributed by atoms with Gasteiger partial charge in [0.1, 0.15) is 11.5 Å². The number of rotatable bonds is 1. The van der Waals surface area contributed by atoms with Crippen LogP contribution in [0.25, 0.3) is 0 Å². The van der Waals surface area contributed by atoms with E-state index < -0.39 is 0 Å². The molecular formula is C11H14N4. The van der Waals surface area contributed by atoms with Gasteiger partial charge in [-0.1, -0.05) is 12.8 Å². The molecule has 4 nitrogen and oxygen atoms in total. The van der Waals surface area contributed by atoms with Gasteiger partial charge in [-0.2, -0.15) is 0 Å². The van der Waals surface area contributed by atoms with Crippen LogP contribution in [0, 0.1) is 0 Å². The lowest BCUT2D eigenvalue weighted by molar-refractivity contribution is 0.384. The third-order valence-electron chi connectivity index (χ3n) is 3.15. The molecule has 1 aromatic heterocycles. The number of nitrogens with zero attached hydrogens (tertiary/aromatic N) is 3. The molecule has 2 heterocycles. The van der Waals surface area contributed by atoms with Crippen molar-refractivity contribution in [1.82, 2.24) is 15.3 Å².